The average Bonchev–Trinajstić information content (AvgIpc) is 3.17. The van der Waals surface area contributed by atoms with Crippen molar-refractivity contribution in [3.05, 3.63) is 30.4 Å². The number of morpholine rings is 2. The van der Waals surface area contributed by atoms with E-state index in [1.807, 2.05) is 10.7 Å². The maximum Gasteiger partial charge on any atom is 0.219 e. The van der Waals surface area contributed by atoms with E-state index in [4.69, 9.17) is 25.3 Å². The number of ether oxygens (including phenoxy) is 2. The molecular weight excluding hydrogens is 372 g/mol. The van der Waals surface area contributed by atoms with Crippen molar-refractivity contribution in [1.29, 1.82) is 0 Å². The molecule has 0 saturated carbocycles. The summed E-state index contributed by atoms with van der Waals surface area (Å²) in [6.07, 6.45) is 5.31. The Hall–Kier alpha value is -2.82. The van der Waals surface area contributed by atoms with Crippen molar-refractivity contribution in [2.45, 2.75) is 6.54 Å². The molecule has 2 aliphatic heterocycles. The summed E-state index contributed by atoms with van der Waals surface area (Å²) in [6.45, 7) is 7.18. The second-order valence-electron chi connectivity index (χ2n) is 7.23. The number of anilines is 2. The van der Waals surface area contributed by atoms with Crippen molar-refractivity contribution >= 4 is 17.3 Å². The lowest BCUT2D eigenvalue weighted by atomic mass is 10.2. The van der Waals surface area contributed by atoms with E-state index in [0.717, 1.165) is 74.2 Å². The molecule has 0 atom stereocenters. The van der Waals surface area contributed by atoms with Crippen molar-refractivity contribution in [2.75, 3.05) is 63.2 Å². The van der Waals surface area contributed by atoms with Gasteiger partial charge in [-0.1, -0.05) is 0 Å². The number of nitrogen functional groups attached to an aromatic ring is 1. The summed E-state index contributed by atoms with van der Waals surface area (Å²) in [6, 6.07) is 2.14. The van der Waals surface area contributed by atoms with E-state index in [-0.39, 0.29) is 5.95 Å². The molecule has 2 saturated heterocycles. The number of hydrogen-bond acceptors (Lipinski definition) is 9. The van der Waals surface area contributed by atoms with Crippen molar-refractivity contribution < 1.29 is 9.47 Å². The fourth-order valence-corrected chi connectivity index (χ4v) is 3.71. The van der Waals surface area contributed by atoms with Crippen LogP contribution >= 0.6 is 0 Å². The highest BCUT2D eigenvalue weighted by Crippen LogP contribution is 2.26. The molecule has 2 N–H and O–H groups in total. The first-order valence-corrected chi connectivity index (χ1v) is 9.86. The Morgan fingerprint density at radius 3 is 2.38 bits per heavy atom. The van der Waals surface area contributed by atoms with Crippen LogP contribution in [0.1, 0.15) is 5.69 Å². The van der Waals surface area contributed by atoms with Crippen molar-refractivity contribution in [1.82, 2.24) is 29.5 Å². The van der Waals surface area contributed by atoms with Crippen LogP contribution in [0.5, 0.6) is 0 Å². The van der Waals surface area contributed by atoms with Gasteiger partial charge in [-0.2, -0.15) is 5.10 Å². The summed E-state index contributed by atoms with van der Waals surface area (Å²) in [7, 11) is 0. The molecule has 2 fully saturated rings. The Balaban J connectivity index is 1.54. The molecule has 3 aromatic heterocycles. The normalized spacial score (nSPS) is 18.4. The number of hydrogen-bond donors (Lipinski definition) is 1. The summed E-state index contributed by atoms with van der Waals surface area (Å²) < 4.78 is 12.9. The summed E-state index contributed by atoms with van der Waals surface area (Å²) in [5.41, 5.74) is 9.23. The SMILES string of the molecule is Nc1ncc(-c2cn3nc(CN4CCOCC4)cc3c(N3CCOCC3)n2)cn1. The largest absolute Gasteiger partial charge is 0.379 e. The molecule has 0 bridgehead atoms. The summed E-state index contributed by atoms with van der Waals surface area (Å²) in [4.78, 5) is 17.8. The highest BCUT2D eigenvalue weighted by molar-refractivity contribution is 5.73. The zero-order valence-electron chi connectivity index (χ0n) is 16.2. The molecule has 10 nitrogen and oxygen atoms in total. The number of aromatic nitrogens is 5. The molecule has 5 rings (SSSR count). The van der Waals surface area contributed by atoms with Gasteiger partial charge in [-0.05, 0) is 6.07 Å². The lowest BCUT2D eigenvalue weighted by Crippen LogP contribution is -2.37. The smallest absolute Gasteiger partial charge is 0.219 e. The number of fused-ring (bicyclic) bond motifs is 1. The molecule has 10 heteroatoms. The van der Waals surface area contributed by atoms with Gasteiger partial charge >= 0.3 is 0 Å². The molecule has 29 heavy (non-hydrogen) atoms. The predicted octanol–water partition coefficient (Wildman–Crippen LogP) is 0.437. The van der Waals surface area contributed by atoms with Gasteiger partial charge in [0.05, 0.1) is 44.0 Å². The van der Waals surface area contributed by atoms with Crippen LogP contribution in [0.2, 0.25) is 0 Å². The van der Waals surface area contributed by atoms with Crippen LogP contribution in [-0.4, -0.2) is 82.1 Å². The van der Waals surface area contributed by atoms with Gasteiger partial charge < -0.3 is 20.1 Å². The van der Waals surface area contributed by atoms with Gasteiger partial charge in [-0.15, -0.1) is 0 Å². The van der Waals surface area contributed by atoms with Gasteiger partial charge in [-0.3, -0.25) is 4.90 Å². The molecule has 152 valence electrons. The highest BCUT2D eigenvalue weighted by Gasteiger charge is 2.20. The van der Waals surface area contributed by atoms with E-state index < -0.39 is 0 Å². The third-order valence-corrected chi connectivity index (χ3v) is 5.25. The van der Waals surface area contributed by atoms with Crippen LogP contribution < -0.4 is 10.6 Å². The topological polar surface area (TPSA) is 107 Å². The van der Waals surface area contributed by atoms with E-state index in [1.165, 1.54) is 0 Å². The number of nitrogens with zero attached hydrogens (tertiary/aromatic N) is 7. The molecule has 0 radical (unpaired) electrons. The minimum atomic E-state index is 0.245. The van der Waals surface area contributed by atoms with Crippen LogP contribution in [0.25, 0.3) is 16.8 Å². The van der Waals surface area contributed by atoms with E-state index in [0.29, 0.717) is 13.2 Å². The quantitative estimate of drug-likeness (QED) is 0.672. The first-order valence-electron chi connectivity index (χ1n) is 9.86. The lowest BCUT2D eigenvalue weighted by molar-refractivity contribution is 0.0336. The van der Waals surface area contributed by atoms with Crippen molar-refractivity contribution in [3.8, 4) is 11.3 Å². The average molecular weight is 396 g/mol. The maximum atomic E-state index is 5.64. The predicted molar refractivity (Wildman–Crippen MR) is 108 cm³/mol. The molecule has 2 aliphatic rings. The zero-order chi connectivity index (χ0) is 19.6. The summed E-state index contributed by atoms with van der Waals surface area (Å²) in [5.74, 6) is 1.15. The standard InChI is InChI=1S/C19H24N8O2/c20-19-21-10-14(11-22-19)16-13-27-17(18(23-16)26-3-7-29-8-4-26)9-15(24-27)12-25-1-5-28-6-2-25/h9-11,13H,1-8,12H2,(H2,20,21,22). The van der Waals surface area contributed by atoms with E-state index >= 15 is 0 Å². The minimum Gasteiger partial charge on any atom is -0.379 e. The van der Waals surface area contributed by atoms with Crippen molar-refractivity contribution in [3.63, 3.8) is 0 Å². The Kier molecular flexibility index (Phi) is 4.96. The third-order valence-electron chi connectivity index (χ3n) is 5.25. The van der Waals surface area contributed by atoms with E-state index in [2.05, 4.69) is 25.8 Å². The molecule has 0 unspecified atom stereocenters. The molecule has 0 spiro atoms. The highest BCUT2D eigenvalue weighted by atomic mass is 16.5. The van der Waals surface area contributed by atoms with Crippen LogP contribution in [0, 0.1) is 0 Å². The molecule has 5 heterocycles. The van der Waals surface area contributed by atoms with Gasteiger partial charge in [0.2, 0.25) is 5.95 Å². The minimum absolute atomic E-state index is 0.245. The lowest BCUT2D eigenvalue weighted by Gasteiger charge is -2.28. The molecule has 3 aromatic rings. The molecular formula is C19H24N8O2. The van der Waals surface area contributed by atoms with Crippen LogP contribution in [0.3, 0.4) is 0 Å². The third kappa shape index (κ3) is 3.86. The summed E-state index contributed by atoms with van der Waals surface area (Å²) >= 11 is 0. The van der Waals surface area contributed by atoms with E-state index in [9.17, 15) is 0 Å². The zero-order valence-corrected chi connectivity index (χ0v) is 16.2. The Morgan fingerprint density at radius 2 is 1.66 bits per heavy atom. The van der Waals surface area contributed by atoms with Gasteiger partial charge in [0.25, 0.3) is 0 Å². The Morgan fingerprint density at radius 1 is 0.966 bits per heavy atom. The fraction of sp³-hybridized carbons (Fsp3) is 0.474. The number of nitrogens with two attached hydrogens (primary N) is 1. The van der Waals surface area contributed by atoms with Gasteiger partial charge in [0, 0.05) is 50.7 Å². The first-order chi connectivity index (χ1) is 14.3. The van der Waals surface area contributed by atoms with Crippen LogP contribution in [-0.2, 0) is 16.0 Å². The van der Waals surface area contributed by atoms with Crippen LogP contribution in [0.15, 0.2) is 24.7 Å². The molecule has 0 aromatic carbocycles. The first kappa shape index (κ1) is 18.2. The van der Waals surface area contributed by atoms with Gasteiger partial charge in [-0.25, -0.2) is 19.5 Å². The molecule has 0 aliphatic carbocycles. The second-order valence-corrected chi connectivity index (χ2v) is 7.23. The Bertz CT molecular complexity index is 978. The second kappa shape index (κ2) is 7.90. The van der Waals surface area contributed by atoms with Crippen LogP contribution in [0.4, 0.5) is 11.8 Å². The van der Waals surface area contributed by atoms with Crippen molar-refractivity contribution in [2.24, 2.45) is 0 Å². The van der Waals surface area contributed by atoms with Gasteiger partial charge in [0.15, 0.2) is 5.82 Å². The molecule has 0 amide bonds. The monoisotopic (exact) mass is 396 g/mol. The number of rotatable bonds is 4. The summed E-state index contributed by atoms with van der Waals surface area (Å²) in [5, 5.41) is 4.84. The van der Waals surface area contributed by atoms with Gasteiger partial charge in [0.1, 0.15) is 5.52 Å². The van der Waals surface area contributed by atoms with E-state index in [1.54, 1.807) is 12.4 Å². The maximum absolute atomic E-state index is 5.64. The fourth-order valence-electron chi connectivity index (χ4n) is 3.71. The Labute approximate surface area is 168 Å².